The quantitative estimate of drug-likeness (QED) is 0.312. The molecular formula is C28H31N5O5. The molecule has 0 aliphatic rings. The van der Waals surface area contributed by atoms with Gasteiger partial charge in [0.2, 0.25) is 0 Å². The van der Waals surface area contributed by atoms with Crippen LogP contribution in [0.25, 0.3) is 17.1 Å². The fraction of sp³-hybridized carbons (Fsp3) is 0.250. The van der Waals surface area contributed by atoms with Gasteiger partial charge >= 0.3 is 5.69 Å². The first-order chi connectivity index (χ1) is 18.2. The molecule has 0 radical (unpaired) electrons. The summed E-state index contributed by atoms with van der Waals surface area (Å²) in [5.74, 6) is -0.414. The van der Waals surface area contributed by atoms with Gasteiger partial charge in [0, 0.05) is 31.8 Å². The van der Waals surface area contributed by atoms with Crippen LogP contribution in [0.5, 0.6) is 17.2 Å². The predicted octanol–water partition coefficient (Wildman–Crippen LogP) is 3.16. The lowest BCUT2D eigenvalue weighted by Gasteiger charge is -2.21. The van der Waals surface area contributed by atoms with Crippen LogP contribution in [-0.2, 0) is 6.54 Å². The SMILES string of the molecule is Cc1ccccc1-n1c(-c2cc(C(=O)N(C)Cc3ccccc3OCCN(C)C)c(O)cc2O)n[nH]c1=O. The number of phenolic OH excluding ortho intramolecular Hbond substituents is 2. The molecular weight excluding hydrogens is 486 g/mol. The number of aryl methyl sites for hydroxylation is 1. The molecule has 3 aromatic carbocycles. The number of aromatic hydroxyl groups is 2. The second-order valence-electron chi connectivity index (χ2n) is 9.28. The van der Waals surface area contributed by atoms with Crippen molar-refractivity contribution in [2.45, 2.75) is 13.5 Å². The minimum absolute atomic E-state index is 0.0434. The first-order valence-electron chi connectivity index (χ1n) is 12.1. The molecule has 0 spiro atoms. The Morgan fingerprint density at radius 3 is 2.47 bits per heavy atom. The molecule has 0 atom stereocenters. The van der Waals surface area contributed by atoms with Gasteiger partial charge in [-0.3, -0.25) is 4.79 Å². The number of hydrogen-bond donors (Lipinski definition) is 3. The topological polar surface area (TPSA) is 124 Å². The highest BCUT2D eigenvalue weighted by Crippen LogP contribution is 2.35. The molecule has 38 heavy (non-hydrogen) atoms. The van der Waals surface area contributed by atoms with Crippen molar-refractivity contribution < 1.29 is 19.7 Å². The van der Waals surface area contributed by atoms with Crippen molar-refractivity contribution in [3.63, 3.8) is 0 Å². The van der Waals surface area contributed by atoms with Gasteiger partial charge in [-0.1, -0.05) is 36.4 Å². The summed E-state index contributed by atoms with van der Waals surface area (Å²) < 4.78 is 7.23. The number of hydrogen-bond acceptors (Lipinski definition) is 7. The molecule has 0 fully saturated rings. The average molecular weight is 518 g/mol. The number of para-hydroxylation sites is 2. The smallest absolute Gasteiger partial charge is 0.348 e. The number of aromatic amines is 1. The van der Waals surface area contributed by atoms with Crippen LogP contribution in [0.3, 0.4) is 0 Å². The number of benzene rings is 3. The number of rotatable bonds is 9. The van der Waals surface area contributed by atoms with E-state index in [1.807, 2.05) is 62.3 Å². The number of carbonyl (C=O) groups is 1. The van der Waals surface area contributed by atoms with Gasteiger partial charge in [0.05, 0.1) is 16.8 Å². The van der Waals surface area contributed by atoms with Crippen LogP contribution >= 0.6 is 0 Å². The third-order valence-corrected chi connectivity index (χ3v) is 6.14. The summed E-state index contributed by atoms with van der Waals surface area (Å²) in [7, 11) is 5.54. The molecule has 4 aromatic rings. The van der Waals surface area contributed by atoms with Crippen molar-refractivity contribution in [1.82, 2.24) is 24.6 Å². The maximum absolute atomic E-state index is 13.4. The minimum atomic E-state index is -0.502. The summed E-state index contributed by atoms with van der Waals surface area (Å²) in [4.78, 5) is 29.5. The van der Waals surface area contributed by atoms with E-state index < -0.39 is 11.6 Å². The largest absolute Gasteiger partial charge is 0.507 e. The Balaban J connectivity index is 1.65. The number of nitrogens with one attached hydrogen (secondary N) is 1. The van der Waals surface area contributed by atoms with Crippen molar-refractivity contribution >= 4 is 5.91 Å². The maximum atomic E-state index is 13.4. The van der Waals surface area contributed by atoms with Gasteiger partial charge in [0.25, 0.3) is 5.91 Å². The lowest BCUT2D eigenvalue weighted by atomic mass is 10.1. The van der Waals surface area contributed by atoms with Crippen molar-refractivity contribution in [2.24, 2.45) is 0 Å². The van der Waals surface area contributed by atoms with Crippen LogP contribution in [0.2, 0.25) is 0 Å². The van der Waals surface area contributed by atoms with E-state index in [1.165, 1.54) is 15.5 Å². The third kappa shape index (κ3) is 5.55. The summed E-state index contributed by atoms with van der Waals surface area (Å²) in [6, 6.07) is 17.1. The van der Waals surface area contributed by atoms with Crippen LogP contribution in [0.4, 0.5) is 0 Å². The second kappa shape index (κ2) is 11.2. The lowest BCUT2D eigenvalue weighted by molar-refractivity contribution is 0.0781. The fourth-order valence-corrected chi connectivity index (χ4v) is 4.09. The normalized spacial score (nSPS) is 11.1. The molecule has 0 bridgehead atoms. The minimum Gasteiger partial charge on any atom is -0.507 e. The number of amides is 1. The molecule has 10 nitrogen and oxygen atoms in total. The number of carbonyl (C=O) groups excluding carboxylic acids is 1. The summed E-state index contributed by atoms with van der Waals surface area (Å²) in [6.45, 7) is 3.31. The highest BCUT2D eigenvalue weighted by Gasteiger charge is 2.24. The van der Waals surface area contributed by atoms with E-state index in [0.717, 1.165) is 23.7 Å². The molecule has 0 saturated carbocycles. The van der Waals surface area contributed by atoms with Crippen LogP contribution < -0.4 is 10.4 Å². The van der Waals surface area contributed by atoms with E-state index in [9.17, 15) is 19.8 Å². The zero-order valence-electron chi connectivity index (χ0n) is 21.8. The van der Waals surface area contributed by atoms with E-state index in [2.05, 4.69) is 10.2 Å². The van der Waals surface area contributed by atoms with Crippen LogP contribution in [0.1, 0.15) is 21.5 Å². The Kier molecular flexibility index (Phi) is 7.82. The second-order valence-corrected chi connectivity index (χ2v) is 9.28. The van der Waals surface area contributed by atoms with Gasteiger partial charge in [-0.25, -0.2) is 14.5 Å². The number of H-pyrrole nitrogens is 1. The number of aromatic nitrogens is 3. The molecule has 3 N–H and O–H groups in total. The molecule has 10 heteroatoms. The Labute approximate surface area is 220 Å². The van der Waals surface area contributed by atoms with E-state index in [1.54, 1.807) is 19.2 Å². The van der Waals surface area contributed by atoms with E-state index in [0.29, 0.717) is 18.0 Å². The molecule has 0 unspecified atom stereocenters. The molecule has 0 aliphatic carbocycles. The summed E-state index contributed by atoms with van der Waals surface area (Å²) in [5.41, 5.74) is 1.77. The van der Waals surface area contributed by atoms with Crippen molar-refractivity contribution in [3.8, 4) is 34.3 Å². The molecule has 1 aromatic heterocycles. The van der Waals surface area contributed by atoms with Gasteiger partial charge in [-0.2, -0.15) is 5.10 Å². The maximum Gasteiger partial charge on any atom is 0.348 e. The number of ether oxygens (including phenoxy) is 1. The third-order valence-electron chi connectivity index (χ3n) is 6.14. The molecule has 0 saturated heterocycles. The predicted molar refractivity (Wildman–Crippen MR) is 144 cm³/mol. The summed E-state index contributed by atoms with van der Waals surface area (Å²) in [5, 5.41) is 27.7. The molecule has 198 valence electrons. The van der Waals surface area contributed by atoms with Crippen LogP contribution in [0, 0.1) is 6.92 Å². The highest BCUT2D eigenvalue weighted by molar-refractivity contribution is 5.98. The highest BCUT2D eigenvalue weighted by atomic mass is 16.5. The number of nitrogens with zero attached hydrogens (tertiary/aromatic N) is 4. The Hall–Kier alpha value is -4.57. The number of phenols is 2. The summed E-state index contributed by atoms with van der Waals surface area (Å²) in [6.07, 6.45) is 0. The van der Waals surface area contributed by atoms with E-state index >= 15 is 0 Å². The lowest BCUT2D eigenvalue weighted by Crippen LogP contribution is -2.27. The molecule has 4 rings (SSSR count). The van der Waals surface area contributed by atoms with Crippen LogP contribution in [0.15, 0.2) is 65.5 Å². The van der Waals surface area contributed by atoms with Crippen molar-refractivity contribution in [2.75, 3.05) is 34.3 Å². The first-order valence-corrected chi connectivity index (χ1v) is 12.1. The van der Waals surface area contributed by atoms with Gasteiger partial charge < -0.3 is 24.7 Å². The van der Waals surface area contributed by atoms with Gasteiger partial charge in [-0.15, -0.1) is 0 Å². The van der Waals surface area contributed by atoms with E-state index in [-0.39, 0.29) is 35.0 Å². The monoisotopic (exact) mass is 517 g/mol. The Morgan fingerprint density at radius 1 is 1.03 bits per heavy atom. The van der Waals surface area contributed by atoms with Gasteiger partial charge in [-0.05, 0) is 44.8 Å². The standard InChI is InChI=1S/C28H31N5O5/c1-18-9-5-7-11-22(18)33-26(29-30-28(33)37)20-15-21(24(35)16-23(20)34)27(36)32(4)17-19-10-6-8-12-25(19)38-14-13-31(2)3/h5-12,15-16,34-35H,13-14,17H2,1-4H3,(H,30,37). The first kappa shape index (κ1) is 26.5. The van der Waals surface area contributed by atoms with E-state index in [4.69, 9.17) is 4.74 Å². The van der Waals surface area contributed by atoms with Crippen molar-refractivity contribution in [1.29, 1.82) is 0 Å². The molecule has 1 amide bonds. The average Bonchev–Trinajstić information content (AvgIpc) is 3.25. The van der Waals surface area contributed by atoms with Crippen molar-refractivity contribution in [3.05, 3.63) is 87.8 Å². The zero-order chi connectivity index (χ0) is 27.4. The molecule has 1 heterocycles. The molecule has 0 aliphatic heterocycles. The van der Waals surface area contributed by atoms with Gasteiger partial charge in [0.1, 0.15) is 23.9 Å². The summed E-state index contributed by atoms with van der Waals surface area (Å²) >= 11 is 0. The Bertz CT molecular complexity index is 1510. The van der Waals surface area contributed by atoms with Crippen LogP contribution in [-0.4, -0.2) is 75.0 Å². The number of likely N-dealkylation sites (N-methyl/N-ethyl adjacent to an activating group) is 1. The van der Waals surface area contributed by atoms with Gasteiger partial charge in [0.15, 0.2) is 5.82 Å². The Morgan fingerprint density at radius 2 is 1.74 bits per heavy atom. The fourth-order valence-electron chi connectivity index (χ4n) is 4.09. The zero-order valence-corrected chi connectivity index (χ0v) is 21.8.